The van der Waals surface area contributed by atoms with Crippen molar-refractivity contribution in [2.45, 2.75) is 19.3 Å². The molecule has 1 aliphatic carbocycles. The van der Waals surface area contributed by atoms with Gasteiger partial charge in [-0.15, -0.1) is 0 Å². The Balaban J connectivity index is 1.15. The van der Waals surface area contributed by atoms with E-state index in [1.165, 1.54) is 60.7 Å². The van der Waals surface area contributed by atoms with Crippen LogP contribution in [0.5, 0.6) is 0 Å². The monoisotopic (exact) mass is 653 g/mol. The molecular weight excluding hydrogens is 619 g/mol. The molecule has 9 aromatic rings. The fourth-order valence-electron chi connectivity index (χ4n) is 8.33. The molecule has 2 heteroatoms. The van der Waals surface area contributed by atoms with Crippen molar-refractivity contribution in [1.82, 2.24) is 0 Å². The number of hydrogen-bond donors (Lipinski definition) is 0. The van der Waals surface area contributed by atoms with Gasteiger partial charge in [-0.2, -0.15) is 0 Å². The van der Waals surface area contributed by atoms with Gasteiger partial charge in [0.05, 0.1) is 5.69 Å². The SMILES string of the molecule is CC1(C)c2ccccc2-c2ccc(N(c3ccc(-c4ccccc4)cc3)c3ccccc3-c3ccc4c(ccc5oc6ccccc6c54)c3)cc21. The topological polar surface area (TPSA) is 16.4 Å². The lowest BCUT2D eigenvalue weighted by atomic mass is 9.82. The lowest BCUT2D eigenvalue weighted by Gasteiger charge is -2.30. The lowest BCUT2D eigenvalue weighted by Crippen LogP contribution is -2.16. The second kappa shape index (κ2) is 11.3. The van der Waals surface area contributed by atoms with Crippen LogP contribution in [-0.2, 0) is 5.41 Å². The second-order valence-electron chi connectivity index (χ2n) is 14.1. The van der Waals surface area contributed by atoms with Crippen LogP contribution in [0.3, 0.4) is 0 Å². The Bertz CT molecular complexity index is 2770. The van der Waals surface area contributed by atoms with E-state index in [-0.39, 0.29) is 5.41 Å². The first kappa shape index (κ1) is 29.5. The normalized spacial score (nSPS) is 13.1. The third-order valence-corrected chi connectivity index (χ3v) is 10.9. The van der Waals surface area contributed by atoms with Gasteiger partial charge < -0.3 is 9.32 Å². The Labute approximate surface area is 297 Å². The Morgan fingerprint density at radius 2 is 1.10 bits per heavy atom. The van der Waals surface area contributed by atoms with Crippen molar-refractivity contribution < 1.29 is 4.42 Å². The highest BCUT2D eigenvalue weighted by Crippen LogP contribution is 2.51. The predicted molar refractivity (Wildman–Crippen MR) is 214 cm³/mol. The van der Waals surface area contributed by atoms with E-state index in [9.17, 15) is 0 Å². The molecular formula is C49H35NO. The van der Waals surface area contributed by atoms with Gasteiger partial charge in [0, 0.05) is 33.1 Å². The van der Waals surface area contributed by atoms with E-state index >= 15 is 0 Å². The van der Waals surface area contributed by atoms with Crippen LogP contribution in [-0.4, -0.2) is 0 Å². The van der Waals surface area contributed by atoms with E-state index in [1.807, 2.05) is 12.1 Å². The van der Waals surface area contributed by atoms with Gasteiger partial charge in [-0.05, 0) is 98.2 Å². The van der Waals surface area contributed by atoms with Crippen LogP contribution in [0.4, 0.5) is 17.1 Å². The molecule has 8 aromatic carbocycles. The number of hydrogen-bond acceptors (Lipinski definition) is 2. The van der Waals surface area contributed by atoms with Gasteiger partial charge >= 0.3 is 0 Å². The van der Waals surface area contributed by atoms with Gasteiger partial charge in [0.2, 0.25) is 0 Å². The van der Waals surface area contributed by atoms with Gasteiger partial charge in [-0.3, -0.25) is 0 Å². The summed E-state index contributed by atoms with van der Waals surface area (Å²) < 4.78 is 6.22. The van der Waals surface area contributed by atoms with Crippen molar-refractivity contribution in [1.29, 1.82) is 0 Å². The molecule has 1 heterocycles. The number of nitrogens with zero attached hydrogens (tertiary/aromatic N) is 1. The molecule has 1 aliphatic rings. The maximum Gasteiger partial charge on any atom is 0.136 e. The minimum atomic E-state index is -0.106. The molecule has 10 rings (SSSR count). The predicted octanol–water partition coefficient (Wildman–Crippen LogP) is 13.8. The Kier molecular flexibility index (Phi) is 6.56. The third-order valence-electron chi connectivity index (χ3n) is 10.9. The van der Waals surface area contributed by atoms with E-state index < -0.39 is 0 Å². The van der Waals surface area contributed by atoms with Crippen LogP contribution in [0.2, 0.25) is 0 Å². The zero-order chi connectivity index (χ0) is 34.1. The molecule has 242 valence electrons. The van der Waals surface area contributed by atoms with Crippen LogP contribution in [0.15, 0.2) is 180 Å². The van der Waals surface area contributed by atoms with Crippen molar-refractivity contribution in [3.05, 3.63) is 187 Å². The van der Waals surface area contributed by atoms with Crippen molar-refractivity contribution in [2.24, 2.45) is 0 Å². The maximum absolute atomic E-state index is 6.22. The second-order valence-corrected chi connectivity index (χ2v) is 14.1. The molecule has 0 N–H and O–H groups in total. The summed E-state index contributed by atoms with van der Waals surface area (Å²) in [6.45, 7) is 4.70. The van der Waals surface area contributed by atoms with Crippen LogP contribution >= 0.6 is 0 Å². The molecule has 51 heavy (non-hydrogen) atoms. The molecule has 0 bridgehead atoms. The van der Waals surface area contributed by atoms with E-state index in [0.717, 1.165) is 33.6 Å². The molecule has 0 saturated carbocycles. The summed E-state index contributed by atoms with van der Waals surface area (Å²) in [4.78, 5) is 2.43. The first-order valence-electron chi connectivity index (χ1n) is 17.7. The van der Waals surface area contributed by atoms with E-state index in [2.05, 4.69) is 183 Å². The van der Waals surface area contributed by atoms with Crippen LogP contribution < -0.4 is 4.90 Å². The quantitative estimate of drug-likeness (QED) is 0.184. The van der Waals surface area contributed by atoms with Gasteiger partial charge in [0.1, 0.15) is 11.2 Å². The van der Waals surface area contributed by atoms with Crippen LogP contribution in [0.25, 0.3) is 66.1 Å². The van der Waals surface area contributed by atoms with E-state index in [4.69, 9.17) is 4.42 Å². The largest absolute Gasteiger partial charge is 0.456 e. The fraction of sp³-hybridized carbons (Fsp3) is 0.0612. The summed E-state index contributed by atoms with van der Waals surface area (Å²) in [6.07, 6.45) is 0. The molecule has 0 aliphatic heterocycles. The number of anilines is 3. The summed E-state index contributed by atoms with van der Waals surface area (Å²) in [5.74, 6) is 0. The van der Waals surface area contributed by atoms with Crippen molar-refractivity contribution >= 4 is 49.8 Å². The summed E-state index contributed by atoms with van der Waals surface area (Å²) in [5, 5.41) is 4.72. The van der Waals surface area contributed by atoms with Crippen molar-refractivity contribution in [2.75, 3.05) is 4.90 Å². The minimum Gasteiger partial charge on any atom is -0.456 e. The van der Waals surface area contributed by atoms with Gasteiger partial charge in [-0.1, -0.05) is 141 Å². The minimum absolute atomic E-state index is 0.106. The number of fused-ring (bicyclic) bond motifs is 8. The fourth-order valence-corrected chi connectivity index (χ4v) is 8.33. The third kappa shape index (κ3) is 4.64. The molecule has 0 radical (unpaired) electrons. The van der Waals surface area contributed by atoms with Crippen LogP contribution in [0, 0.1) is 0 Å². The summed E-state index contributed by atoms with van der Waals surface area (Å²) in [7, 11) is 0. The zero-order valence-corrected chi connectivity index (χ0v) is 28.6. The molecule has 0 amide bonds. The number of furan rings is 1. The Morgan fingerprint density at radius 1 is 0.431 bits per heavy atom. The number of benzene rings is 8. The highest BCUT2D eigenvalue weighted by molar-refractivity contribution is 6.19. The number of rotatable bonds is 5. The zero-order valence-electron chi connectivity index (χ0n) is 28.6. The smallest absolute Gasteiger partial charge is 0.136 e. The highest BCUT2D eigenvalue weighted by atomic mass is 16.3. The van der Waals surface area contributed by atoms with Gasteiger partial charge in [0.25, 0.3) is 0 Å². The first-order chi connectivity index (χ1) is 25.0. The molecule has 0 fully saturated rings. The van der Waals surface area contributed by atoms with E-state index in [1.54, 1.807) is 0 Å². The van der Waals surface area contributed by atoms with Crippen molar-refractivity contribution in [3.63, 3.8) is 0 Å². The van der Waals surface area contributed by atoms with Crippen molar-refractivity contribution in [3.8, 4) is 33.4 Å². The average molecular weight is 654 g/mol. The average Bonchev–Trinajstić information content (AvgIpc) is 3.68. The highest BCUT2D eigenvalue weighted by Gasteiger charge is 2.35. The molecule has 0 unspecified atom stereocenters. The Hall–Kier alpha value is -6.38. The lowest BCUT2D eigenvalue weighted by molar-refractivity contribution is 0.660. The van der Waals surface area contributed by atoms with E-state index in [0.29, 0.717) is 0 Å². The van der Waals surface area contributed by atoms with Crippen LogP contribution in [0.1, 0.15) is 25.0 Å². The summed E-state index contributed by atoms with van der Waals surface area (Å²) in [5.41, 5.74) is 15.3. The van der Waals surface area contributed by atoms with Gasteiger partial charge in [0.15, 0.2) is 0 Å². The number of para-hydroxylation sites is 2. The molecule has 0 saturated heterocycles. The first-order valence-corrected chi connectivity index (χ1v) is 17.7. The maximum atomic E-state index is 6.22. The summed E-state index contributed by atoms with van der Waals surface area (Å²) in [6, 6.07) is 63.8. The standard InChI is InChI=1S/C49H35NO/c1-49(2)43-17-9-6-15-40(43)41-28-26-37(31-44(41)49)50(36-24-20-33(21-25-36)32-12-4-3-5-13-32)45-18-10-7-14-38(45)34-22-27-39-35(30-34)23-29-47-48(39)42-16-8-11-19-46(42)51-47/h3-31H,1-2H3. The van der Waals surface area contributed by atoms with Gasteiger partial charge in [-0.25, -0.2) is 0 Å². The summed E-state index contributed by atoms with van der Waals surface area (Å²) >= 11 is 0. The Morgan fingerprint density at radius 3 is 1.96 bits per heavy atom. The molecule has 0 atom stereocenters. The molecule has 2 nitrogen and oxygen atoms in total. The molecule has 1 aromatic heterocycles. The molecule has 0 spiro atoms.